The molecule has 0 spiro atoms. The summed E-state index contributed by atoms with van der Waals surface area (Å²) < 4.78 is 16.4. The number of fused-ring (bicyclic) bond motifs is 1. The zero-order valence-electron chi connectivity index (χ0n) is 14.2. The van der Waals surface area contributed by atoms with E-state index in [0.29, 0.717) is 17.1 Å². The van der Waals surface area contributed by atoms with Crippen molar-refractivity contribution in [3.05, 3.63) is 64.0 Å². The van der Waals surface area contributed by atoms with Crippen LogP contribution in [-0.4, -0.2) is 25.3 Å². The number of halogens is 1. The second-order valence-corrected chi connectivity index (χ2v) is 6.58. The van der Waals surface area contributed by atoms with Crippen LogP contribution in [0, 0.1) is 5.82 Å². The summed E-state index contributed by atoms with van der Waals surface area (Å²) in [6.45, 7) is 1.55. The zero-order valence-corrected chi connectivity index (χ0v) is 14.2. The van der Waals surface area contributed by atoms with Crippen LogP contribution in [0.25, 0.3) is 5.65 Å². The molecule has 8 heteroatoms. The summed E-state index contributed by atoms with van der Waals surface area (Å²) in [7, 11) is 0. The molecule has 0 saturated heterocycles. The predicted octanol–water partition coefficient (Wildman–Crippen LogP) is 1.78. The van der Waals surface area contributed by atoms with Gasteiger partial charge in [-0.3, -0.25) is 4.79 Å². The number of hydrogen-bond donors (Lipinski definition) is 1. The van der Waals surface area contributed by atoms with Crippen molar-refractivity contribution >= 4 is 11.6 Å². The first-order chi connectivity index (χ1) is 12.5. The normalized spacial score (nSPS) is 15.2. The SMILES string of the molecule is C[C@H](NC(=O)Cn1nc2cccnn2c1=O)c1ccc(C2CC2)c(F)c1. The Labute approximate surface area is 148 Å². The van der Waals surface area contributed by atoms with Crippen molar-refractivity contribution in [1.29, 1.82) is 0 Å². The molecule has 3 aromatic rings. The van der Waals surface area contributed by atoms with Crippen molar-refractivity contribution in [2.75, 3.05) is 0 Å². The van der Waals surface area contributed by atoms with Gasteiger partial charge in [0.25, 0.3) is 0 Å². The minimum atomic E-state index is -0.483. The van der Waals surface area contributed by atoms with Gasteiger partial charge in [-0.2, -0.15) is 9.61 Å². The van der Waals surface area contributed by atoms with Crippen LogP contribution in [-0.2, 0) is 11.3 Å². The Kier molecular flexibility index (Phi) is 4.02. The molecular weight excluding hydrogens is 337 g/mol. The standard InChI is InChI=1S/C18H18FN5O2/c1-11(13-6-7-14(12-4-5-12)15(19)9-13)21-17(25)10-23-18(26)24-16(22-23)3-2-8-20-24/h2-3,6-9,11-12H,4-5,10H2,1H3,(H,21,25)/t11-/m0/s1. The van der Waals surface area contributed by atoms with Crippen LogP contribution < -0.4 is 11.0 Å². The van der Waals surface area contributed by atoms with Crippen molar-refractivity contribution in [1.82, 2.24) is 24.7 Å². The minimum absolute atomic E-state index is 0.227. The van der Waals surface area contributed by atoms with E-state index >= 15 is 0 Å². The van der Waals surface area contributed by atoms with Gasteiger partial charge in [-0.05, 0) is 55.0 Å². The molecule has 2 heterocycles. The average molecular weight is 355 g/mol. The lowest BCUT2D eigenvalue weighted by molar-refractivity contribution is -0.122. The molecule has 1 N–H and O–H groups in total. The number of amides is 1. The first-order valence-corrected chi connectivity index (χ1v) is 8.52. The van der Waals surface area contributed by atoms with Gasteiger partial charge in [-0.15, -0.1) is 5.10 Å². The van der Waals surface area contributed by atoms with Gasteiger partial charge in [0, 0.05) is 6.20 Å². The number of benzene rings is 1. The molecule has 134 valence electrons. The highest BCUT2D eigenvalue weighted by molar-refractivity contribution is 5.76. The van der Waals surface area contributed by atoms with Gasteiger partial charge in [-0.25, -0.2) is 13.9 Å². The molecule has 1 amide bonds. The Morgan fingerprint density at radius 3 is 2.88 bits per heavy atom. The van der Waals surface area contributed by atoms with E-state index in [9.17, 15) is 14.0 Å². The van der Waals surface area contributed by atoms with Crippen LogP contribution in [0.4, 0.5) is 4.39 Å². The summed E-state index contributed by atoms with van der Waals surface area (Å²) >= 11 is 0. The number of nitrogens with one attached hydrogen (secondary N) is 1. The molecule has 0 radical (unpaired) electrons. The highest BCUT2D eigenvalue weighted by Gasteiger charge is 2.26. The number of nitrogens with zero attached hydrogens (tertiary/aromatic N) is 4. The Morgan fingerprint density at radius 1 is 1.38 bits per heavy atom. The highest BCUT2D eigenvalue weighted by Crippen LogP contribution is 2.41. The van der Waals surface area contributed by atoms with Crippen molar-refractivity contribution in [2.45, 2.75) is 38.3 Å². The van der Waals surface area contributed by atoms with E-state index in [4.69, 9.17) is 0 Å². The summed E-state index contributed by atoms with van der Waals surface area (Å²) in [6, 6.07) is 8.02. The predicted molar refractivity (Wildman–Crippen MR) is 92.2 cm³/mol. The van der Waals surface area contributed by atoms with Crippen molar-refractivity contribution in [3.8, 4) is 0 Å². The van der Waals surface area contributed by atoms with E-state index in [1.54, 1.807) is 25.1 Å². The van der Waals surface area contributed by atoms with Crippen LogP contribution in [0.15, 0.2) is 41.3 Å². The highest BCUT2D eigenvalue weighted by atomic mass is 19.1. The Morgan fingerprint density at radius 2 is 2.19 bits per heavy atom. The molecule has 1 fully saturated rings. The Balaban J connectivity index is 1.46. The van der Waals surface area contributed by atoms with Gasteiger partial charge in [-0.1, -0.05) is 12.1 Å². The second kappa shape index (κ2) is 6.36. The lowest BCUT2D eigenvalue weighted by Crippen LogP contribution is -2.34. The lowest BCUT2D eigenvalue weighted by Gasteiger charge is -2.15. The fraction of sp³-hybridized carbons (Fsp3) is 0.333. The summed E-state index contributed by atoms with van der Waals surface area (Å²) in [4.78, 5) is 24.4. The molecule has 1 saturated carbocycles. The van der Waals surface area contributed by atoms with E-state index < -0.39 is 5.69 Å². The molecule has 4 rings (SSSR count). The Hall–Kier alpha value is -3.03. The average Bonchev–Trinajstić information content (AvgIpc) is 3.41. The number of hydrogen-bond acceptors (Lipinski definition) is 4. The third-order valence-corrected chi connectivity index (χ3v) is 4.57. The fourth-order valence-corrected chi connectivity index (χ4v) is 3.01. The quantitative estimate of drug-likeness (QED) is 0.756. The molecule has 1 atom stereocenters. The van der Waals surface area contributed by atoms with Gasteiger partial charge < -0.3 is 5.32 Å². The number of aromatic nitrogens is 4. The second-order valence-electron chi connectivity index (χ2n) is 6.58. The molecule has 0 aliphatic heterocycles. The maximum Gasteiger partial charge on any atom is 0.367 e. The van der Waals surface area contributed by atoms with Gasteiger partial charge in [0.2, 0.25) is 5.91 Å². The monoisotopic (exact) mass is 355 g/mol. The topological polar surface area (TPSA) is 81.3 Å². The third kappa shape index (κ3) is 3.10. The summed E-state index contributed by atoms with van der Waals surface area (Å²) in [6.07, 6.45) is 3.54. The lowest BCUT2D eigenvalue weighted by atomic mass is 10.0. The van der Waals surface area contributed by atoms with E-state index in [1.165, 1.54) is 12.3 Å². The molecule has 1 aliphatic rings. The number of rotatable bonds is 5. The van der Waals surface area contributed by atoms with Crippen LogP contribution in [0.2, 0.25) is 0 Å². The van der Waals surface area contributed by atoms with E-state index in [2.05, 4.69) is 15.5 Å². The van der Waals surface area contributed by atoms with Crippen molar-refractivity contribution < 1.29 is 9.18 Å². The van der Waals surface area contributed by atoms with Crippen LogP contribution in [0.3, 0.4) is 0 Å². The van der Waals surface area contributed by atoms with Gasteiger partial charge in [0.1, 0.15) is 12.4 Å². The largest absolute Gasteiger partial charge is 0.367 e. The smallest absolute Gasteiger partial charge is 0.348 e. The molecular formula is C18H18FN5O2. The Bertz CT molecular complexity index is 1040. The molecule has 1 aliphatic carbocycles. The van der Waals surface area contributed by atoms with Gasteiger partial charge in [0.05, 0.1) is 6.04 Å². The number of carbonyl (C=O) groups is 1. The van der Waals surface area contributed by atoms with Gasteiger partial charge >= 0.3 is 5.69 Å². The third-order valence-electron chi connectivity index (χ3n) is 4.57. The van der Waals surface area contributed by atoms with Crippen LogP contribution in [0.1, 0.15) is 42.9 Å². The van der Waals surface area contributed by atoms with Gasteiger partial charge in [0.15, 0.2) is 5.65 Å². The maximum atomic E-state index is 14.2. The summed E-state index contributed by atoms with van der Waals surface area (Å²) in [5.74, 6) is -0.270. The molecule has 26 heavy (non-hydrogen) atoms. The fourth-order valence-electron chi connectivity index (χ4n) is 3.01. The first kappa shape index (κ1) is 16.4. The molecule has 0 bridgehead atoms. The maximum absolute atomic E-state index is 14.2. The van der Waals surface area contributed by atoms with E-state index in [0.717, 1.165) is 27.6 Å². The van der Waals surface area contributed by atoms with E-state index in [-0.39, 0.29) is 24.3 Å². The molecule has 7 nitrogen and oxygen atoms in total. The summed E-state index contributed by atoms with van der Waals surface area (Å²) in [5, 5.41) is 10.7. The first-order valence-electron chi connectivity index (χ1n) is 8.52. The minimum Gasteiger partial charge on any atom is -0.348 e. The van der Waals surface area contributed by atoms with Crippen molar-refractivity contribution in [2.24, 2.45) is 0 Å². The molecule has 1 aromatic carbocycles. The molecule has 2 aromatic heterocycles. The molecule has 0 unspecified atom stereocenters. The van der Waals surface area contributed by atoms with Crippen molar-refractivity contribution in [3.63, 3.8) is 0 Å². The van der Waals surface area contributed by atoms with Crippen LogP contribution in [0.5, 0.6) is 0 Å². The zero-order chi connectivity index (χ0) is 18.3. The number of carbonyl (C=O) groups excluding carboxylic acids is 1. The summed E-state index contributed by atoms with van der Waals surface area (Å²) in [5.41, 5.74) is 1.32. The van der Waals surface area contributed by atoms with E-state index in [1.807, 2.05) is 6.07 Å². The van der Waals surface area contributed by atoms with Crippen LogP contribution >= 0.6 is 0 Å².